The molecule has 1 unspecified atom stereocenters. The maximum Gasteiger partial charge on any atom is 0.193 e. The summed E-state index contributed by atoms with van der Waals surface area (Å²) in [6.07, 6.45) is 6.47. The summed E-state index contributed by atoms with van der Waals surface area (Å²) in [5.41, 5.74) is 0.407. The van der Waals surface area contributed by atoms with Gasteiger partial charge in [0.15, 0.2) is 5.96 Å². The molecule has 0 aromatic rings. The van der Waals surface area contributed by atoms with Gasteiger partial charge in [-0.3, -0.25) is 4.99 Å². The van der Waals surface area contributed by atoms with Gasteiger partial charge in [-0.1, -0.05) is 6.92 Å². The molecule has 0 aromatic carbocycles. The van der Waals surface area contributed by atoms with Gasteiger partial charge in [-0.25, -0.2) is 0 Å². The molecule has 0 saturated carbocycles. The Morgan fingerprint density at radius 1 is 1.26 bits per heavy atom. The lowest BCUT2D eigenvalue weighted by Crippen LogP contribution is -2.42. The molecule has 0 radical (unpaired) electrons. The molecule has 1 N–H and O–H groups in total. The van der Waals surface area contributed by atoms with Crippen LogP contribution in [0.25, 0.3) is 0 Å². The van der Waals surface area contributed by atoms with E-state index >= 15 is 0 Å². The second kappa shape index (κ2) is 7.84. The highest BCUT2D eigenvalue weighted by Crippen LogP contribution is 2.38. The number of nitrogens with one attached hydrogen (secondary N) is 1. The highest BCUT2D eigenvalue weighted by Gasteiger charge is 2.42. The molecule has 1 spiro atoms. The molecule has 5 nitrogen and oxygen atoms in total. The summed E-state index contributed by atoms with van der Waals surface area (Å²) in [5.74, 6) is 1.98. The summed E-state index contributed by atoms with van der Waals surface area (Å²) in [6.45, 7) is 11.2. The van der Waals surface area contributed by atoms with Crippen molar-refractivity contribution in [1.29, 1.82) is 0 Å². The predicted molar refractivity (Wildman–Crippen MR) is 94.9 cm³/mol. The quantitative estimate of drug-likeness (QED) is 0.633. The zero-order valence-electron chi connectivity index (χ0n) is 15.0. The van der Waals surface area contributed by atoms with Gasteiger partial charge < -0.3 is 19.9 Å². The zero-order valence-corrected chi connectivity index (χ0v) is 15.0. The summed E-state index contributed by atoms with van der Waals surface area (Å²) >= 11 is 0. The molecule has 3 rings (SSSR count). The SMILES string of the molecule is CCN1CCC(CCNC(=NC)N2CCC3(CCOC3)C2)CC1. The van der Waals surface area contributed by atoms with E-state index in [1.165, 1.54) is 51.7 Å². The maximum atomic E-state index is 5.63. The fourth-order valence-electron chi connectivity index (χ4n) is 4.40. The van der Waals surface area contributed by atoms with Crippen molar-refractivity contribution < 1.29 is 4.74 Å². The van der Waals surface area contributed by atoms with Gasteiger partial charge in [-0.15, -0.1) is 0 Å². The van der Waals surface area contributed by atoms with Crippen LogP contribution in [0.4, 0.5) is 0 Å². The molecule has 0 bridgehead atoms. The Balaban J connectivity index is 1.39. The van der Waals surface area contributed by atoms with E-state index in [0.29, 0.717) is 5.41 Å². The standard InChI is InChI=1S/C18H34N4O/c1-3-21-10-5-16(6-11-21)4-9-20-17(19-2)22-12-7-18(14-22)8-13-23-15-18/h16H,3-15H2,1-2H3,(H,19,20). The highest BCUT2D eigenvalue weighted by molar-refractivity contribution is 5.80. The first kappa shape index (κ1) is 17.0. The summed E-state index contributed by atoms with van der Waals surface area (Å²) in [4.78, 5) is 9.52. The fourth-order valence-corrected chi connectivity index (χ4v) is 4.40. The number of hydrogen-bond acceptors (Lipinski definition) is 3. The summed E-state index contributed by atoms with van der Waals surface area (Å²) < 4.78 is 5.63. The van der Waals surface area contributed by atoms with Gasteiger partial charge in [0.25, 0.3) is 0 Å². The smallest absolute Gasteiger partial charge is 0.193 e. The molecule has 1 atom stereocenters. The number of rotatable bonds is 4. The Kier molecular flexibility index (Phi) is 5.81. The molecule has 3 fully saturated rings. The van der Waals surface area contributed by atoms with E-state index in [4.69, 9.17) is 4.74 Å². The third-order valence-electron chi connectivity index (χ3n) is 6.12. The molecular formula is C18H34N4O. The minimum absolute atomic E-state index is 0.407. The largest absolute Gasteiger partial charge is 0.381 e. The van der Waals surface area contributed by atoms with E-state index < -0.39 is 0 Å². The minimum atomic E-state index is 0.407. The summed E-state index contributed by atoms with van der Waals surface area (Å²) in [5, 5.41) is 3.61. The van der Waals surface area contributed by atoms with Crippen molar-refractivity contribution in [3.05, 3.63) is 0 Å². The Hall–Kier alpha value is -0.810. The molecule has 23 heavy (non-hydrogen) atoms. The Labute approximate surface area is 141 Å². The second-order valence-electron chi connectivity index (χ2n) is 7.61. The fraction of sp³-hybridized carbons (Fsp3) is 0.944. The van der Waals surface area contributed by atoms with Crippen LogP contribution in [0.2, 0.25) is 0 Å². The van der Waals surface area contributed by atoms with Crippen LogP contribution in [0.5, 0.6) is 0 Å². The molecule has 0 aliphatic carbocycles. The van der Waals surface area contributed by atoms with E-state index in [2.05, 4.69) is 27.0 Å². The van der Waals surface area contributed by atoms with E-state index in [0.717, 1.165) is 44.7 Å². The average Bonchev–Trinajstić information content (AvgIpc) is 3.22. The summed E-state index contributed by atoms with van der Waals surface area (Å²) in [6, 6.07) is 0. The van der Waals surface area contributed by atoms with Crippen molar-refractivity contribution in [3.63, 3.8) is 0 Å². The molecular weight excluding hydrogens is 288 g/mol. The van der Waals surface area contributed by atoms with Crippen molar-refractivity contribution in [2.24, 2.45) is 16.3 Å². The second-order valence-corrected chi connectivity index (χ2v) is 7.61. The van der Waals surface area contributed by atoms with Gasteiger partial charge in [0.05, 0.1) is 6.61 Å². The van der Waals surface area contributed by atoms with Gasteiger partial charge in [-0.05, 0) is 57.7 Å². The van der Waals surface area contributed by atoms with Crippen LogP contribution in [0.3, 0.4) is 0 Å². The first-order valence-electron chi connectivity index (χ1n) is 9.50. The lowest BCUT2D eigenvalue weighted by molar-refractivity contribution is 0.156. The van der Waals surface area contributed by atoms with Gasteiger partial charge >= 0.3 is 0 Å². The molecule has 132 valence electrons. The van der Waals surface area contributed by atoms with Crippen LogP contribution < -0.4 is 5.32 Å². The third kappa shape index (κ3) is 4.18. The van der Waals surface area contributed by atoms with Crippen LogP contribution in [0, 0.1) is 11.3 Å². The predicted octanol–water partition coefficient (Wildman–Crippen LogP) is 1.80. The van der Waals surface area contributed by atoms with E-state index in [9.17, 15) is 0 Å². The lowest BCUT2D eigenvalue weighted by Gasteiger charge is -2.31. The molecule has 3 aliphatic rings. The van der Waals surface area contributed by atoms with Crippen LogP contribution >= 0.6 is 0 Å². The van der Waals surface area contributed by atoms with E-state index in [1.54, 1.807) is 0 Å². The van der Waals surface area contributed by atoms with Crippen molar-refractivity contribution in [2.75, 3.05) is 59.5 Å². The van der Waals surface area contributed by atoms with Crippen LogP contribution in [-0.2, 0) is 4.74 Å². The number of aliphatic imine (C=N–C) groups is 1. The Morgan fingerprint density at radius 3 is 2.74 bits per heavy atom. The molecule has 0 aromatic heterocycles. The normalized spacial score (nSPS) is 30.5. The van der Waals surface area contributed by atoms with Crippen LogP contribution in [-0.4, -0.2) is 75.3 Å². The Morgan fingerprint density at radius 2 is 2.09 bits per heavy atom. The first-order chi connectivity index (χ1) is 11.2. The number of guanidine groups is 1. The van der Waals surface area contributed by atoms with Gasteiger partial charge in [0, 0.05) is 38.7 Å². The summed E-state index contributed by atoms with van der Waals surface area (Å²) in [7, 11) is 1.91. The monoisotopic (exact) mass is 322 g/mol. The molecule has 3 heterocycles. The highest BCUT2D eigenvalue weighted by atomic mass is 16.5. The van der Waals surface area contributed by atoms with Crippen molar-refractivity contribution >= 4 is 5.96 Å². The Bertz CT molecular complexity index is 398. The van der Waals surface area contributed by atoms with Crippen LogP contribution in [0.15, 0.2) is 4.99 Å². The van der Waals surface area contributed by atoms with Crippen molar-refractivity contribution in [3.8, 4) is 0 Å². The molecule has 5 heteroatoms. The van der Waals surface area contributed by atoms with Gasteiger partial charge in [0.1, 0.15) is 0 Å². The number of hydrogen-bond donors (Lipinski definition) is 1. The molecule has 3 saturated heterocycles. The number of piperidine rings is 1. The minimum Gasteiger partial charge on any atom is -0.381 e. The van der Waals surface area contributed by atoms with Crippen LogP contribution in [0.1, 0.15) is 39.0 Å². The third-order valence-corrected chi connectivity index (χ3v) is 6.12. The van der Waals surface area contributed by atoms with Gasteiger partial charge in [0.2, 0.25) is 0 Å². The molecule has 0 amide bonds. The maximum absolute atomic E-state index is 5.63. The van der Waals surface area contributed by atoms with Crippen molar-refractivity contribution in [2.45, 2.75) is 39.0 Å². The topological polar surface area (TPSA) is 40.1 Å². The number of likely N-dealkylation sites (tertiary alicyclic amines) is 2. The number of nitrogens with zero attached hydrogens (tertiary/aromatic N) is 3. The lowest BCUT2D eigenvalue weighted by atomic mass is 9.87. The van der Waals surface area contributed by atoms with E-state index in [-0.39, 0.29) is 0 Å². The average molecular weight is 322 g/mol. The zero-order chi connectivity index (χ0) is 16.1. The number of ether oxygens (including phenoxy) is 1. The molecule has 3 aliphatic heterocycles. The van der Waals surface area contributed by atoms with Gasteiger partial charge in [-0.2, -0.15) is 0 Å². The first-order valence-corrected chi connectivity index (χ1v) is 9.50. The van der Waals surface area contributed by atoms with Crippen molar-refractivity contribution in [1.82, 2.24) is 15.1 Å². The van der Waals surface area contributed by atoms with E-state index in [1.807, 2.05) is 7.05 Å².